The number of amides is 1. The standard InChI is InChI=1S/C8H10F3N3O2S/c1-4(2)5-13-14-6(17-5)12-7(15)16-3-8(9,10)11/h4H,3H2,1-2H3,(H,12,14,15). The Morgan fingerprint density at radius 1 is 1.47 bits per heavy atom. The van der Waals surface area contributed by atoms with Crippen molar-refractivity contribution in [3.05, 3.63) is 5.01 Å². The van der Waals surface area contributed by atoms with Crippen LogP contribution in [0.1, 0.15) is 24.8 Å². The summed E-state index contributed by atoms with van der Waals surface area (Å²) in [6.45, 7) is 2.13. The van der Waals surface area contributed by atoms with Crippen LogP contribution in [0.2, 0.25) is 0 Å². The predicted molar refractivity (Wildman–Crippen MR) is 55.0 cm³/mol. The molecule has 0 aliphatic heterocycles. The highest BCUT2D eigenvalue weighted by Crippen LogP contribution is 2.22. The van der Waals surface area contributed by atoms with Gasteiger partial charge in [0.1, 0.15) is 5.01 Å². The van der Waals surface area contributed by atoms with Crippen LogP contribution in [0.3, 0.4) is 0 Å². The van der Waals surface area contributed by atoms with Crippen molar-refractivity contribution < 1.29 is 22.7 Å². The van der Waals surface area contributed by atoms with Crippen LogP contribution < -0.4 is 5.32 Å². The highest BCUT2D eigenvalue weighted by molar-refractivity contribution is 7.15. The van der Waals surface area contributed by atoms with Gasteiger partial charge in [-0.15, -0.1) is 10.2 Å². The second-order valence-corrected chi connectivity index (χ2v) is 4.43. The van der Waals surface area contributed by atoms with Gasteiger partial charge in [0.2, 0.25) is 5.13 Å². The van der Waals surface area contributed by atoms with Gasteiger partial charge < -0.3 is 4.74 Å². The van der Waals surface area contributed by atoms with Gasteiger partial charge in [-0.1, -0.05) is 25.2 Å². The number of ether oxygens (including phenoxy) is 1. The van der Waals surface area contributed by atoms with E-state index in [1.807, 2.05) is 13.8 Å². The molecule has 17 heavy (non-hydrogen) atoms. The summed E-state index contributed by atoms with van der Waals surface area (Å²) in [6, 6.07) is 0. The first kappa shape index (κ1) is 13.7. The van der Waals surface area contributed by atoms with Gasteiger partial charge in [0, 0.05) is 5.92 Å². The summed E-state index contributed by atoms with van der Waals surface area (Å²) in [6.07, 6.45) is -5.74. The maximum absolute atomic E-state index is 11.7. The number of anilines is 1. The van der Waals surface area contributed by atoms with Crippen LogP contribution in [-0.2, 0) is 4.74 Å². The summed E-state index contributed by atoms with van der Waals surface area (Å²) in [4.78, 5) is 10.9. The van der Waals surface area contributed by atoms with Crippen LogP contribution in [0.25, 0.3) is 0 Å². The molecule has 0 spiro atoms. The Hall–Kier alpha value is -1.38. The van der Waals surface area contributed by atoms with E-state index in [0.29, 0.717) is 5.01 Å². The Kier molecular flexibility index (Phi) is 4.27. The molecule has 0 aliphatic carbocycles. The van der Waals surface area contributed by atoms with E-state index in [1.54, 1.807) is 0 Å². The number of nitrogens with zero attached hydrogens (tertiary/aromatic N) is 2. The Morgan fingerprint density at radius 3 is 2.59 bits per heavy atom. The Labute approximate surface area is 99.0 Å². The zero-order valence-corrected chi connectivity index (χ0v) is 9.85. The SMILES string of the molecule is CC(C)c1nnc(NC(=O)OCC(F)(F)F)s1. The lowest BCUT2D eigenvalue weighted by Gasteiger charge is -2.06. The number of carbonyl (C=O) groups is 1. The molecule has 9 heteroatoms. The number of halogens is 3. The van der Waals surface area contributed by atoms with Crippen molar-refractivity contribution >= 4 is 22.6 Å². The molecule has 5 nitrogen and oxygen atoms in total. The van der Waals surface area contributed by atoms with Crippen LogP contribution in [-0.4, -0.2) is 29.1 Å². The molecule has 0 unspecified atom stereocenters. The summed E-state index contributed by atoms with van der Waals surface area (Å²) < 4.78 is 39.1. The molecule has 0 aliphatic rings. The fourth-order valence-corrected chi connectivity index (χ4v) is 1.52. The average molecular weight is 269 g/mol. The molecule has 0 saturated heterocycles. The first-order valence-electron chi connectivity index (χ1n) is 4.62. The summed E-state index contributed by atoms with van der Waals surface area (Å²) in [5.41, 5.74) is 0. The molecule has 1 amide bonds. The molecule has 1 rings (SSSR count). The van der Waals surface area contributed by atoms with Gasteiger partial charge in [-0.3, -0.25) is 5.32 Å². The lowest BCUT2D eigenvalue weighted by atomic mass is 10.2. The molecule has 0 aromatic carbocycles. The highest BCUT2D eigenvalue weighted by atomic mass is 32.1. The smallest absolute Gasteiger partial charge is 0.422 e. The highest BCUT2D eigenvalue weighted by Gasteiger charge is 2.29. The van der Waals surface area contributed by atoms with Gasteiger partial charge in [0.25, 0.3) is 0 Å². The maximum Gasteiger partial charge on any atom is 0.422 e. The quantitative estimate of drug-likeness (QED) is 0.916. The van der Waals surface area contributed by atoms with Crippen molar-refractivity contribution in [1.82, 2.24) is 10.2 Å². The van der Waals surface area contributed by atoms with Crippen LogP contribution in [0.4, 0.5) is 23.1 Å². The van der Waals surface area contributed by atoms with E-state index in [9.17, 15) is 18.0 Å². The van der Waals surface area contributed by atoms with Crippen LogP contribution in [0.15, 0.2) is 0 Å². The van der Waals surface area contributed by atoms with Gasteiger partial charge in [-0.2, -0.15) is 13.2 Å². The van der Waals surface area contributed by atoms with Crippen molar-refractivity contribution in [3.8, 4) is 0 Å². The van der Waals surface area contributed by atoms with E-state index in [2.05, 4.69) is 20.3 Å². The Bertz CT molecular complexity index is 392. The molecule has 1 heterocycles. The van der Waals surface area contributed by atoms with Crippen molar-refractivity contribution in [2.45, 2.75) is 25.9 Å². The van der Waals surface area contributed by atoms with Gasteiger partial charge in [0.05, 0.1) is 0 Å². The second-order valence-electron chi connectivity index (χ2n) is 3.42. The van der Waals surface area contributed by atoms with E-state index >= 15 is 0 Å². The van der Waals surface area contributed by atoms with Gasteiger partial charge >= 0.3 is 12.3 Å². The maximum atomic E-state index is 11.7. The molecule has 0 bridgehead atoms. The second kappa shape index (κ2) is 5.30. The minimum atomic E-state index is -4.54. The monoisotopic (exact) mass is 269 g/mol. The zero-order chi connectivity index (χ0) is 13.1. The molecule has 0 fully saturated rings. The van der Waals surface area contributed by atoms with Crippen molar-refractivity contribution in [3.63, 3.8) is 0 Å². The van der Waals surface area contributed by atoms with Crippen molar-refractivity contribution in [1.29, 1.82) is 0 Å². The number of hydrogen-bond donors (Lipinski definition) is 1. The van der Waals surface area contributed by atoms with Crippen LogP contribution in [0, 0.1) is 0 Å². The third-order valence-corrected chi connectivity index (χ3v) is 2.65. The predicted octanol–water partition coefficient (Wildman–Crippen LogP) is 2.77. The third kappa shape index (κ3) is 4.98. The fraction of sp³-hybridized carbons (Fsp3) is 0.625. The molecule has 1 aromatic heterocycles. The fourth-order valence-electron chi connectivity index (χ4n) is 0.789. The molecule has 0 atom stereocenters. The van der Waals surface area contributed by atoms with Crippen molar-refractivity contribution in [2.75, 3.05) is 11.9 Å². The molecule has 1 aromatic rings. The lowest BCUT2D eigenvalue weighted by molar-refractivity contribution is -0.159. The van der Waals surface area contributed by atoms with E-state index in [0.717, 1.165) is 11.3 Å². The largest absolute Gasteiger partial charge is 0.440 e. The third-order valence-electron chi connectivity index (χ3n) is 1.51. The molecule has 0 radical (unpaired) electrons. The summed E-state index contributed by atoms with van der Waals surface area (Å²) in [7, 11) is 0. The van der Waals surface area contributed by atoms with Crippen LogP contribution >= 0.6 is 11.3 Å². The molecule has 0 saturated carbocycles. The first-order valence-corrected chi connectivity index (χ1v) is 5.43. The minimum absolute atomic E-state index is 0.112. The summed E-state index contributed by atoms with van der Waals surface area (Å²) >= 11 is 1.09. The lowest BCUT2D eigenvalue weighted by Crippen LogP contribution is -2.23. The summed E-state index contributed by atoms with van der Waals surface area (Å²) in [5.74, 6) is 0.134. The van der Waals surface area contributed by atoms with Crippen molar-refractivity contribution in [2.24, 2.45) is 0 Å². The van der Waals surface area contributed by atoms with Crippen LogP contribution in [0.5, 0.6) is 0 Å². The van der Waals surface area contributed by atoms with E-state index in [-0.39, 0.29) is 11.0 Å². The Morgan fingerprint density at radius 2 is 2.12 bits per heavy atom. The van der Waals surface area contributed by atoms with Gasteiger partial charge in [-0.25, -0.2) is 4.79 Å². The molecular formula is C8H10F3N3O2S. The normalized spacial score (nSPS) is 11.6. The molecule has 1 N–H and O–H groups in total. The van der Waals surface area contributed by atoms with Gasteiger partial charge in [-0.05, 0) is 0 Å². The summed E-state index contributed by atoms with van der Waals surface area (Å²) in [5, 5.41) is 10.2. The number of aromatic nitrogens is 2. The van der Waals surface area contributed by atoms with E-state index < -0.39 is 18.9 Å². The van der Waals surface area contributed by atoms with Gasteiger partial charge in [0.15, 0.2) is 6.61 Å². The first-order chi connectivity index (χ1) is 7.78. The zero-order valence-electron chi connectivity index (χ0n) is 9.04. The van der Waals surface area contributed by atoms with E-state index in [4.69, 9.17) is 0 Å². The molecule has 96 valence electrons. The number of alkyl halides is 3. The number of rotatable bonds is 3. The minimum Gasteiger partial charge on any atom is -0.440 e. The number of nitrogens with one attached hydrogen (secondary N) is 1. The molecular weight excluding hydrogens is 259 g/mol. The average Bonchev–Trinajstić information content (AvgIpc) is 2.62. The van der Waals surface area contributed by atoms with E-state index in [1.165, 1.54) is 0 Å². The number of hydrogen-bond acceptors (Lipinski definition) is 5. The number of carbonyl (C=O) groups excluding carboxylic acids is 1. The topological polar surface area (TPSA) is 64.1 Å². The Balaban J connectivity index is 2.45.